The van der Waals surface area contributed by atoms with Crippen LogP contribution in [0.5, 0.6) is 0 Å². The Hall–Kier alpha value is 1.07. The minimum absolute atomic E-state index is 0. The van der Waals surface area contributed by atoms with Gasteiger partial charge in [0.15, 0.2) is 0 Å². The number of phosphoric acid groups is 1. The molecule has 8 heavy (non-hydrogen) atoms. The van der Waals surface area contributed by atoms with Crippen LogP contribution in [0, 0.1) is 0 Å². The first-order valence-corrected chi connectivity index (χ1v) is 2.79. The normalized spacial score (nSPS) is 8.12. The molecule has 0 aliphatic carbocycles. The summed E-state index contributed by atoms with van der Waals surface area (Å²) in [6.07, 6.45) is 0. The summed E-state index contributed by atoms with van der Waals surface area (Å²) in [4.78, 5) is 21.6. The molecule has 0 aromatic rings. The van der Waals surface area contributed by atoms with Crippen molar-refractivity contribution < 1.29 is 24.4 Å². The van der Waals surface area contributed by atoms with E-state index in [1.54, 1.807) is 0 Å². The second-order valence-corrected chi connectivity index (χ2v) is 1.54. The minimum atomic E-state index is -4.64. The third kappa shape index (κ3) is 228. The van der Waals surface area contributed by atoms with Crippen molar-refractivity contribution in [1.29, 1.82) is 0 Å². The van der Waals surface area contributed by atoms with Crippen molar-refractivity contribution in [3.63, 3.8) is 0 Å². The number of hydrogen-bond acceptors (Lipinski definition) is 2. The maximum atomic E-state index is 8.88. The van der Waals surface area contributed by atoms with Gasteiger partial charge in [-0.2, -0.15) is 0 Å². The standard InChI is InChI=1S/CH4O.Na.H3O4P.H/c1-2;;1-5(2,3)4;/h2H,1H3;;(H3,1,2,3,4);. The summed E-state index contributed by atoms with van der Waals surface area (Å²) in [6, 6.07) is 0. The fraction of sp³-hybridized carbons (Fsp3) is 1.00. The van der Waals surface area contributed by atoms with Crippen molar-refractivity contribution in [1.82, 2.24) is 0 Å². The molecule has 0 saturated heterocycles. The maximum absolute atomic E-state index is 8.88. The van der Waals surface area contributed by atoms with Crippen molar-refractivity contribution in [2.24, 2.45) is 0 Å². The molecular formula is CH8NaO5P. The zero-order valence-electron chi connectivity index (χ0n) is 3.64. The van der Waals surface area contributed by atoms with Gasteiger partial charge in [0, 0.05) is 7.11 Å². The number of hydrogen-bond donors (Lipinski definition) is 4. The first-order chi connectivity index (χ1) is 3.00. The fourth-order valence-electron chi connectivity index (χ4n) is 0. The Balaban J connectivity index is -0.0000000750. The predicted octanol–water partition coefficient (Wildman–Crippen LogP) is -1.97. The molecule has 5 nitrogen and oxygen atoms in total. The topological polar surface area (TPSA) is 98.0 Å². The van der Waals surface area contributed by atoms with Crippen LogP contribution >= 0.6 is 7.82 Å². The average molecular weight is 154 g/mol. The van der Waals surface area contributed by atoms with Crippen LogP contribution in [-0.2, 0) is 4.57 Å². The molecule has 0 aromatic carbocycles. The summed E-state index contributed by atoms with van der Waals surface area (Å²) in [5.41, 5.74) is 0. The van der Waals surface area contributed by atoms with E-state index in [1.807, 2.05) is 0 Å². The van der Waals surface area contributed by atoms with E-state index in [1.165, 1.54) is 0 Å². The molecular weight excluding hydrogens is 146 g/mol. The van der Waals surface area contributed by atoms with Gasteiger partial charge in [-0.1, -0.05) is 0 Å². The quantitative estimate of drug-likeness (QED) is 0.239. The Morgan fingerprint density at radius 1 is 1.12 bits per heavy atom. The van der Waals surface area contributed by atoms with Crippen LogP contribution < -0.4 is 0 Å². The molecule has 0 atom stereocenters. The van der Waals surface area contributed by atoms with E-state index in [2.05, 4.69) is 0 Å². The van der Waals surface area contributed by atoms with E-state index in [0.717, 1.165) is 7.11 Å². The van der Waals surface area contributed by atoms with Crippen molar-refractivity contribution >= 4 is 37.4 Å². The number of rotatable bonds is 0. The SMILES string of the molecule is CO.O=P(O)(O)O.[NaH]. The van der Waals surface area contributed by atoms with Gasteiger partial charge in [0.25, 0.3) is 0 Å². The summed E-state index contributed by atoms with van der Waals surface area (Å²) in [6.45, 7) is 0. The summed E-state index contributed by atoms with van der Waals surface area (Å²) in [5, 5.41) is 7.00. The van der Waals surface area contributed by atoms with Crippen molar-refractivity contribution in [3.05, 3.63) is 0 Å². The van der Waals surface area contributed by atoms with E-state index < -0.39 is 7.82 Å². The Morgan fingerprint density at radius 2 is 1.12 bits per heavy atom. The first-order valence-electron chi connectivity index (χ1n) is 1.23. The molecule has 0 rings (SSSR count). The van der Waals surface area contributed by atoms with E-state index in [-0.39, 0.29) is 29.6 Å². The molecule has 0 radical (unpaired) electrons. The van der Waals surface area contributed by atoms with Crippen LogP contribution in [-0.4, -0.2) is 56.5 Å². The average Bonchev–Trinajstić information content (AvgIpc) is 1.36. The number of aliphatic hydroxyl groups is 1. The number of aliphatic hydroxyl groups excluding tert-OH is 1. The second kappa shape index (κ2) is 8.07. The van der Waals surface area contributed by atoms with Crippen LogP contribution in [0.15, 0.2) is 0 Å². The summed E-state index contributed by atoms with van der Waals surface area (Å²) in [5.74, 6) is 0. The molecule has 0 aliphatic rings. The monoisotopic (exact) mass is 154 g/mol. The van der Waals surface area contributed by atoms with Gasteiger partial charge in [0.2, 0.25) is 0 Å². The van der Waals surface area contributed by atoms with E-state index in [4.69, 9.17) is 24.4 Å². The van der Waals surface area contributed by atoms with Crippen molar-refractivity contribution in [3.8, 4) is 0 Å². The summed E-state index contributed by atoms with van der Waals surface area (Å²) >= 11 is 0. The second-order valence-electron chi connectivity index (χ2n) is 0.513. The predicted molar refractivity (Wildman–Crippen MR) is 29.6 cm³/mol. The van der Waals surface area contributed by atoms with Crippen LogP contribution in [0.3, 0.4) is 0 Å². The first kappa shape index (κ1) is 16.0. The van der Waals surface area contributed by atoms with E-state index >= 15 is 0 Å². The zero-order chi connectivity index (χ0) is 6.50. The molecule has 0 fully saturated rings. The third-order valence-electron chi connectivity index (χ3n) is 0. The van der Waals surface area contributed by atoms with E-state index in [0.29, 0.717) is 0 Å². The molecule has 0 amide bonds. The van der Waals surface area contributed by atoms with Crippen LogP contribution in [0.1, 0.15) is 0 Å². The van der Waals surface area contributed by atoms with Gasteiger partial charge in [0.1, 0.15) is 0 Å². The molecule has 0 heterocycles. The summed E-state index contributed by atoms with van der Waals surface area (Å²) in [7, 11) is -3.64. The molecule has 0 bridgehead atoms. The van der Waals surface area contributed by atoms with Gasteiger partial charge in [-0.3, -0.25) is 0 Å². The molecule has 0 aliphatic heterocycles. The van der Waals surface area contributed by atoms with Gasteiger partial charge >= 0.3 is 37.4 Å². The van der Waals surface area contributed by atoms with E-state index in [9.17, 15) is 0 Å². The third-order valence-corrected chi connectivity index (χ3v) is 0. The fourth-order valence-corrected chi connectivity index (χ4v) is 0. The van der Waals surface area contributed by atoms with Crippen LogP contribution in [0.4, 0.5) is 0 Å². The molecule has 0 spiro atoms. The molecule has 4 N–H and O–H groups in total. The zero-order valence-corrected chi connectivity index (χ0v) is 4.54. The molecule has 0 saturated carbocycles. The Bertz CT molecular complexity index is 58.6. The van der Waals surface area contributed by atoms with Crippen molar-refractivity contribution in [2.75, 3.05) is 7.11 Å². The van der Waals surface area contributed by atoms with Gasteiger partial charge in [-0.15, -0.1) is 0 Å². The Morgan fingerprint density at radius 3 is 1.12 bits per heavy atom. The molecule has 48 valence electrons. The van der Waals surface area contributed by atoms with Gasteiger partial charge in [-0.05, 0) is 0 Å². The molecule has 7 heteroatoms. The Kier molecular flexibility index (Phi) is 16.2. The van der Waals surface area contributed by atoms with Crippen LogP contribution in [0.2, 0.25) is 0 Å². The van der Waals surface area contributed by atoms with Crippen LogP contribution in [0.25, 0.3) is 0 Å². The van der Waals surface area contributed by atoms with Gasteiger partial charge in [-0.25, -0.2) is 4.57 Å². The van der Waals surface area contributed by atoms with Gasteiger partial charge < -0.3 is 19.8 Å². The summed E-state index contributed by atoms with van der Waals surface area (Å²) < 4.78 is 8.88. The van der Waals surface area contributed by atoms with Crippen molar-refractivity contribution in [2.45, 2.75) is 0 Å². The van der Waals surface area contributed by atoms with Gasteiger partial charge in [0.05, 0.1) is 0 Å². The molecule has 0 aromatic heterocycles. The Labute approximate surface area is 68.9 Å². The molecule has 0 unspecified atom stereocenters.